The largest absolute Gasteiger partial charge is 0.494 e. The summed E-state index contributed by atoms with van der Waals surface area (Å²) in [4.78, 5) is 30.4. The van der Waals surface area contributed by atoms with Crippen LogP contribution in [0.15, 0.2) is 90.0 Å². The molecular weight excluding hydrogens is 428 g/mol. The standard InChI is InChI=1S/C27H24N4O3/c1-2-34-22-12-10-19(11-13-22)17-29-26(32)21-7-3-6-20(16-21)18-31-25-23(8-4-14-28-25)30-15-5-9-24(30)27(31)33/h3-16H,2,17-18H2,1H3,(H,29,32). The molecule has 0 saturated heterocycles. The third kappa shape index (κ3) is 4.15. The maximum atomic E-state index is 13.2. The van der Waals surface area contributed by atoms with Crippen LogP contribution >= 0.6 is 0 Å². The molecule has 0 aliphatic heterocycles. The van der Waals surface area contributed by atoms with Crippen molar-refractivity contribution in [3.05, 3.63) is 112 Å². The minimum atomic E-state index is -0.173. The molecule has 3 heterocycles. The molecule has 0 radical (unpaired) electrons. The molecule has 1 N–H and O–H groups in total. The molecule has 5 aromatic rings. The number of nitrogens with one attached hydrogen (secondary N) is 1. The van der Waals surface area contributed by atoms with E-state index in [9.17, 15) is 9.59 Å². The second kappa shape index (κ2) is 9.23. The molecule has 34 heavy (non-hydrogen) atoms. The summed E-state index contributed by atoms with van der Waals surface area (Å²) in [6.45, 7) is 3.28. The fraction of sp³-hybridized carbons (Fsp3) is 0.148. The van der Waals surface area contributed by atoms with Gasteiger partial charge >= 0.3 is 0 Å². The SMILES string of the molecule is CCOc1ccc(CNC(=O)c2cccc(Cn3c(=O)c4cccn4c4cccnc43)c2)cc1. The van der Waals surface area contributed by atoms with Gasteiger partial charge in [-0.25, -0.2) is 4.98 Å². The van der Waals surface area contributed by atoms with Gasteiger partial charge in [0.1, 0.15) is 11.3 Å². The lowest BCUT2D eigenvalue weighted by Gasteiger charge is -2.12. The van der Waals surface area contributed by atoms with Gasteiger partial charge in [-0.05, 0) is 66.6 Å². The Kier molecular flexibility index (Phi) is 5.82. The summed E-state index contributed by atoms with van der Waals surface area (Å²) < 4.78 is 8.96. The van der Waals surface area contributed by atoms with Crippen molar-refractivity contribution in [2.75, 3.05) is 6.61 Å². The van der Waals surface area contributed by atoms with E-state index in [1.807, 2.05) is 78.2 Å². The van der Waals surface area contributed by atoms with Crippen LogP contribution in [0.25, 0.3) is 16.7 Å². The molecule has 0 unspecified atom stereocenters. The number of fused-ring (bicyclic) bond motifs is 3. The minimum absolute atomic E-state index is 0.124. The molecule has 1 amide bonds. The fourth-order valence-electron chi connectivity index (χ4n) is 4.08. The van der Waals surface area contributed by atoms with Crippen molar-refractivity contribution in [1.29, 1.82) is 0 Å². The molecule has 0 aliphatic carbocycles. The number of ether oxygens (including phenoxy) is 1. The van der Waals surface area contributed by atoms with Gasteiger partial charge in [0.2, 0.25) is 0 Å². The first-order chi connectivity index (χ1) is 16.6. The summed E-state index contributed by atoms with van der Waals surface area (Å²) >= 11 is 0. The number of carbonyl (C=O) groups excluding carboxylic acids is 1. The van der Waals surface area contributed by atoms with E-state index in [-0.39, 0.29) is 11.5 Å². The van der Waals surface area contributed by atoms with E-state index in [1.165, 1.54) is 0 Å². The van der Waals surface area contributed by atoms with Crippen LogP contribution in [0, 0.1) is 0 Å². The first-order valence-corrected chi connectivity index (χ1v) is 11.2. The predicted molar refractivity (Wildman–Crippen MR) is 131 cm³/mol. The quantitative estimate of drug-likeness (QED) is 0.405. The fourth-order valence-corrected chi connectivity index (χ4v) is 4.08. The normalized spacial score (nSPS) is 11.1. The van der Waals surface area contributed by atoms with E-state index in [0.29, 0.717) is 36.4 Å². The topological polar surface area (TPSA) is 77.6 Å². The van der Waals surface area contributed by atoms with Gasteiger partial charge < -0.3 is 14.5 Å². The lowest BCUT2D eigenvalue weighted by Crippen LogP contribution is -2.25. The second-order valence-electron chi connectivity index (χ2n) is 7.96. The van der Waals surface area contributed by atoms with Crippen LogP contribution in [-0.2, 0) is 13.1 Å². The number of amides is 1. The van der Waals surface area contributed by atoms with Crippen LogP contribution in [0.1, 0.15) is 28.4 Å². The van der Waals surface area contributed by atoms with E-state index >= 15 is 0 Å². The number of hydrogen-bond donors (Lipinski definition) is 1. The summed E-state index contributed by atoms with van der Waals surface area (Å²) in [6.07, 6.45) is 3.54. The van der Waals surface area contributed by atoms with E-state index in [0.717, 1.165) is 22.4 Å². The average Bonchev–Trinajstić information content (AvgIpc) is 3.37. The number of nitrogens with zero attached hydrogens (tertiary/aromatic N) is 3. The first-order valence-electron chi connectivity index (χ1n) is 11.2. The first kappa shape index (κ1) is 21.5. The highest BCUT2D eigenvalue weighted by Crippen LogP contribution is 2.16. The van der Waals surface area contributed by atoms with Gasteiger partial charge in [-0.2, -0.15) is 0 Å². The third-order valence-electron chi connectivity index (χ3n) is 5.71. The molecule has 0 atom stereocenters. The molecule has 3 aromatic heterocycles. The van der Waals surface area contributed by atoms with E-state index in [4.69, 9.17) is 4.74 Å². The molecule has 0 saturated carbocycles. The van der Waals surface area contributed by atoms with Gasteiger partial charge in [0.25, 0.3) is 11.5 Å². The van der Waals surface area contributed by atoms with Crippen molar-refractivity contribution in [3.63, 3.8) is 0 Å². The highest BCUT2D eigenvalue weighted by molar-refractivity contribution is 5.94. The Morgan fingerprint density at radius 2 is 1.79 bits per heavy atom. The maximum Gasteiger partial charge on any atom is 0.276 e. The number of carbonyl (C=O) groups is 1. The Morgan fingerprint density at radius 1 is 0.971 bits per heavy atom. The summed E-state index contributed by atoms with van der Waals surface area (Å²) in [7, 11) is 0. The van der Waals surface area contributed by atoms with Crippen LogP contribution in [0.5, 0.6) is 5.75 Å². The number of pyridine rings is 1. The summed E-state index contributed by atoms with van der Waals surface area (Å²) in [5.74, 6) is 0.633. The van der Waals surface area contributed by atoms with Gasteiger partial charge in [0.05, 0.1) is 18.7 Å². The lowest BCUT2D eigenvalue weighted by atomic mass is 10.1. The van der Waals surface area contributed by atoms with Crippen molar-refractivity contribution >= 4 is 22.6 Å². The van der Waals surface area contributed by atoms with E-state index in [1.54, 1.807) is 22.9 Å². The number of rotatable bonds is 7. The van der Waals surface area contributed by atoms with Crippen molar-refractivity contribution in [3.8, 4) is 5.75 Å². The molecule has 0 fully saturated rings. The number of hydrogen-bond acceptors (Lipinski definition) is 4. The van der Waals surface area contributed by atoms with Crippen LogP contribution in [0.2, 0.25) is 0 Å². The van der Waals surface area contributed by atoms with Crippen molar-refractivity contribution in [2.24, 2.45) is 0 Å². The minimum Gasteiger partial charge on any atom is -0.494 e. The molecule has 7 nitrogen and oxygen atoms in total. The van der Waals surface area contributed by atoms with Gasteiger partial charge in [0.15, 0.2) is 5.65 Å². The van der Waals surface area contributed by atoms with Gasteiger partial charge in [-0.15, -0.1) is 0 Å². The third-order valence-corrected chi connectivity index (χ3v) is 5.71. The van der Waals surface area contributed by atoms with Crippen LogP contribution < -0.4 is 15.6 Å². The lowest BCUT2D eigenvalue weighted by molar-refractivity contribution is 0.0951. The number of benzene rings is 2. The number of aromatic nitrogens is 3. The zero-order valence-corrected chi connectivity index (χ0v) is 18.8. The Balaban J connectivity index is 1.37. The molecular formula is C27H24N4O3. The summed E-state index contributed by atoms with van der Waals surface area (Å²) in [5, 5.41) is 2.96. The molecule has 0 spiro atoms. The smallest absolute Gasteiger partial charge is 0.276 e. The summed E-state index contributed by atoms with van der Waals surface area (Å²) in [5.41, 5.74) is 4.29. The molecule has 0 bridgehead atoms. The molecule has 5 rings (SSSR count). The zero-order chi connectivity index (χ0) is 23.5. The summed E-state index contributed by atoms with van der Waals surface area (Å²) in [6, 6.07) is 22.4. The average molecular weight is 453 g/mol. The predicted octanol–water partition coefficient (Wildman–Crippen LogP) is 4.03. The van der Waals surface area contributed by atoms with Gasteiger partial charge in [-0.1, -0.05) is 24.3 Å². The van der Waals surface area contributed by atoms with Crippen LogP contribution in [-0.4, -0.2) is 26.5 Å². The van der Waals surface area contributed by atoms with Crippen molar-refractivity contribution < 1.29 is 9.53 Å². The maximum absolute atomic E-state index is 13.2. The van der Waals surface area contributed by atoms with E-state index < -0.39 is 0 Å². The van der Waals surface area contributed by atoms with E-state index in [2.05, 4.69) is 10.3 Å². The van der Waals surface area contributed by atoms with Gasteiger partial charge in [0, 0.05) is 24.5 Å². The monoisotopic (exact) mass is 452 g/mol. The highest BCUT2D eigenvalue weighted by atomic mass is 16.5. The second-order valence-corrected chi connectivity index (χ2v) is 7.96. The Morgan fingerprint density at radius 3 is 2.62 bits per heavy atom. The Hall–Kier alpha value is -4.39. The molecule has 170 valence electrons. The van der Waals surface area contributed by atoms with Crippen molar-refractivity contribution in [1.82, 2.24) is 19.3 Å². The molecule has 7 heteroatoms. The Bertz CT molecular complexity index is 1530. The highest BCUT2D eigenvalue weighted by Gasteiger charge is 2.13. The van der Waals surface area contributed by atoms with Gasteiger partial charge in [-0.3, -0.25) is 14.2 Å². The van der Waals surface area contributed by atoms with Crippen molar-refractivity contribution in [2.45, 2.75) is 20.0 Å². The van der Waals surface area contributed by atoms with Crippen LogP contribution in [0.3, 0.4) is 0 Å². The molecule has 2 aromatic carbocycles. The Labute approximate surface area is 196 Å². The molecule has 0 aliphatic rings. The zero-order valence-electron chi connectivity index (χ0n) is 18.8. The van der Waals surface area contributed by atoms with Crippen LogP contribution in [0.4, 0.5) is 0 Å².